The number of benzene rings is 1. The highest BCUT2D eigenvalue weighted by Gasteiger charge is 2.14. The first-order valence-electron chi connectivity index (χ1n) is 6.65. The number of thioether (sulfide) groups is 1. The molecule has 0 aliphatic heterocycles. The highest BCUT2D eigenvalue weighted by Crippen LogP contribution is 2.21. The zero-order valence-corrected chi connectivity index (χ0v) is 13.3. The Hall–Kier alpha value is -1.89. The van der Waals surface area contributed by atoms with Crippen LogP contribution in [0.2, 0.25) is 0 Å². The molecule has 0 fully saturated rings. The van der Waals surface area contributed by atoms with Gasteiger partial charge in [0.25, 0.3) is 0 Å². The van der Waals surface area contributed by atoms with Gasteiger partial charge in [-0.3, -0.25) is 4.79 Å². The first kappa shape index (κ1) is 15.5. The number of carbonyl (C=O) groups excluding carboxylic acids is 1. The average Bonchev–Trinajstić information content (AvgIpc) is 2.83. The molecule has 0 spiro atoms. The SMILES string of the molecule is Cc1ccc(-n2nnnc2SCC(=O)OC(C)C)c(C)c1. The van der Waals surface area contributed by atoms with Crippen LogP contribution in [0, 0.1) is 13.8 Å². The maximum absolute atomic E-state index is 11.6. The quantitative estimate of drug-likeness (QED) is 0.624. The average molecular weight is 306 g/mol. The molecule has 0 radical (unpaired) electrons. The molecule has 2 rings (SSSR count). The van der Waals surface area contributed by atoms with Gasteiger partial charge in [0, 0.05) is 0 Å². The Balaban J connectivity index is 2.13. The van der Waals surface area contributed by atoms with E-state index in [9.17, 15) is 4.79 Å². The van der Waals surface area contributed by atoms with Crippen molar-refractivity contribution in [2.75, 3.05) is 5.75 Å². The fraction of sp³-hybridized carbons (Fsp3) is 0.429. The number of tetrazole rings is 1. The minimum absolute atomic E-state index is 0.117. The van der Waals surface area contributed by atoms with Crippen LogP contribution >= 0.6 is 11.8 Å². The summed E-state index contributed by atoms with van der Waals surface area (Å²) in [4.78, 5) is 11.6. The Kier molecular flexibility index (Phi) is 4.95. The third-order valence-electron chi connectivity index (χ3n) is 2.71. The highest BCUT2D eigenvalue weighted by molar-refractivity contribution is 7.99. The van der Waals surface area contributed by atoms with E-state index in [4.69, 9.17) is 4.74 Å². The first-order chi connectivity index (χ1) is 9.97. The first-order valence-corrected chi connectivity index (χ1v) is 7.64. The van der Waals surface area contributed by atoms with Gasteiger partial charge in [0.05, 0.1) is 17.5 Å². The van der Waals surface area contributed by atoms with Gasteiger partial charge in [-0.05, 0) is 49.8 Å². The summed E-state index contributed by atoms with van der Waals surface area (Å²) in [7, 11) is 0. The third kappa shape index (κ3) is 4.04. The van der Waals surface area contributed by atoms with E-state index in [1.807, 2.05) is 39.8 Å². The molecule has 0 saturated heterocycles. The van der Waals surface area contributed by atoms with Crippen molar-refractivity contribution in [1.29, 1.82) is 0 Å². The van der Waals surface area contributed by atoms with E-state index in [-0.39, 0.29) is 17.8 Å². The summed E-state index contributed by atoms with van der Waals surface area (Å²) < 4.78 is 6.74. The molecule has 0 bridgehead atoms. The molecule has 1 aromatic carbocycles. The second-order valence-electron chi connectivity index (χ2n) is 4.99. The number of aromatic nitrogens is 4. The molecule has 0 unspecified atom stereocenters. The molecule has 0 aliphatic carbocycles. The zero-order valence-electron chi connectivity index (χ0n) is 12.5. The molecular weight excluding hydrogens is 288 g/mol. The molecular formula is C14H18N4O2S. The number of esters is 1. The molecule has 6 nitrogen and oxygen atoms in total. The van der Waals surface area contributed by atoms with Crippen LogP contribution in [-0.2, 0) is 9.53 Å². The van der Waals surface area contributed by atoms with Gasteiger partial charge in [-0.1, -0.05) is 29.5 Å². The normalized spacial score (nSPS) is 10.9. The van der Waals surface area contributed by atoms with Gasteiger partial charge in [0.15, 0.2) is 0 Å². The van der Waals surface area contributed by atoms with Crippen LogP contribution in [0.5, 0.6) is 0 Å². The maximum atomic E-state index is 11.6. The van der Waals surface area contributed by atoms with E-state index < -0.39 is 0 Å². The number of nitrogens with zero attached hydrogens (tertiary/aromatic N) is 4. The van der Waals surface area contributed by atoms with Crippen molar-refractivity contribution in [2.45, 2.75) is 39.0 Å². The summed E-state index contributed by atoms with van der Waals surface area (Å²) in [5.74, 6) is -0.0890. The Morgan fingerprint density at radius 2 is 2.14 bits per heavy atom. The minimum Gasteiger partial charge on any atom is -0.462 e. The Morgan fingerprint density at radius 3 is 2.81 bits per heavy atom. The van der Waals surface area contributed by atoms with Crippen LogP contribution in [0.25, 0.3) is 5.69 Å². The summed E-state index contributed by atoms with van der Waals surface area (Å²) in [5.41, 5.74) is 3.17. The van der Waals surface area contributed by atoms with Crippen molar-refractivity contribution in [1.82, 2.24) is 20.2 Å². The highest BCUT2D eigenvalue weighted by atomic mass is 32.2. The van der Waals surface area contributed by atoms with Crippen molar-refractivity contribution in [3.63, 3.8) is 0 Å². The minimum atomic E-state index is -0.273. The van der Waals surface area contributed by atoms with Crippen LogP contribution in [-0.4, -0.2) is 38.0 Å². The number of hydrogen-bond acceptors (Lipinski definition) is 6. The van der Waals surface area contributed by atoms with Crippen molar-refractivity contribution in [3.05, 3.63) is 29.3 Å². The van der Waals surface area contributed by atoms with E-state index in [1.54, 1.807) is 4.68 Å². The predicted octanol–water partition coefficient (Wildman–Crippen LogP) is 2.32. The van der Waals surface area contributed by atoms with Crippen molar-refractivity contribution in [2.24, 2.45) is 0 Å². The monoisotopic (exact) mass is 306 g/mol. The molecule has 1 aromatic heterocycles. The van der Waals surface area contributed by atoms with Gasteiger partial charge < -0.3 is 4.74 Å². The van der Waals surface area contributed by atoms with Gasteiger partial charge >= 0.3 is 5.97 Å². The zero-order chi connectivity index (χ0) is 15.4. The molecule has 0 amide bonds. The van der Waals surface area contributed by atoms with Crippen LogP contribution in [0.3, 0.4) is 0 Å². The van der Waals surface area contributed by atoms with Gasteiger partial charge in [-0.15, -0.1) is 5.10 Å². The second kappa shape index (κ2) is 6.71. The second-order valence-corrected chi connectivity index (χ2v) is 5.93. The molecule has 0 aliphatic rings. The van der Waals surface area contributed by atoms with E-state index in [1.165, 1.54) is 17.3 Å². The summed E-state index contributed by atoms with van der Waals surface area (Å²) >= 11 is 1.26. The number of carbonyl (C=O) groups is 1. The summed E-state index contributed by atoms with van der Waals surface area (Å²) in [6.45, 7) is 7.68. The standard InChI is InChI=1S/C14H18N4O2S/c1-9(2)20-13(19)8-21-14-15-16-17-18(14)12-6-5-10(3)7-11(12)4/h5-7,9H,8H2,1-4H3. The Labute approximate surface area is 127 Å². The summed E-state index contributed by atoms with van der Waals surface area (Å²) in [6.07, 6.45) is -0.117. The molecule has 21 heavy (non-hydrogen) atoms. The van der Waals surface area contributed by atoms with Crippen molar-refractivity contribution in [3.8, 4) is 5.69 Å². The number of rotatable bonds is 5. The van der Waals surface area contributed by atoms with E-state index in [2.05, 4.69) is 21.6 Å². The Morgan fingerprint density at radius 1 is 1.38 bits per heavy atom. The van der Waals surface area contributed by atoms with Crippen LogP contribution in [0.15, 0.2) is 23.4 Å². The van der Waals surface area contributed by atoms with Gasteiger partial charge in [0.2, 0.25) is 5.16 Å². The predicted molar refractivity (Wildman–Crippen MR) is 80.6 cm³/mol. The molecule has 0 N–H and O–H groups in total. The Bertz CT molecular complexity index is 640. The lowest BCUT2D eigenvalue weighted by atomic mass is 10.1. The van der Waals surface area contributed by atoms with Gasteiger partial charge in [0.1, 0.15) is 0 Å². The van der Waals surface area contributed by atoms with E-state index >= 15 is 0 Å². The topological polar surface area (TPSA) is 69.9 Å². The molecule has 0 saturated carbocycles. The van der Waals surface area contributed by atoms with Crippen molar-refractivity contribution >= 4 is 17.7 Å². The third-order valence-corrected chi connectivity index (χ3v) is 3.60. The van der Waals surface area contributed by atoms with Gasteiger partial charge in [-0.25, -0.2) is 0 Å². The van der Waals surface area contributed by atoms with Crippen LogP contribution in [0.4, 0.5) is 0 Å². The molecule has 0 atom stereocenters. The smallest absolute Gasteiger partial charge is 0.316 e. The fourth-order valence-corrected chi connectivity index (χ4v) is 2.55. The largest absolute Gasteiger partial charge is 0.462 e. The number of aryl methyl sites for hydroxylation is 2. The van der Waals surface area contributed by atoms with Crippen molar-refractivity contribution < 1.29 is 9.53 Å². The number of ether oxygens (including phenoxy) is 1. The number of hydrogen-bond donors (Lipinski definition) is 0. The molecule has 1 heterocycles. The lowest BCUT2D eigenvalue weighted by Crippen LogP contribution is -2.13. The summed E-state index contributed by atoms with van der Waals surface area (Å²) in [6, 6.07) is 6.04. The molecule has 2 aromatic rings. The van der Waals surface area contributed by atoms with E-state index in [0.29, 0.717) is 5.16 Å². The van der Waals surface area contributed by atoms with Gasteiger partial charge in [-0.2, -0.15) is 4.68 Å². The fourth-order valence-electron chi connectivity index (χ4n) is 1.88. The lowest BCUT2D eigenvalue weighted by molar-refractivity contribution is -0.144. The summed E-state index contributed by atoms with van der Waals surface area (Å²) in [5, 5.41) is 12.2. The van der Waals surface area contributed by atoms with E-state index in [0.717, 1.165) is 11.3 Å². The molecule has 7 heteroatoms. The maximum Gasteiger partial charge on any atom is 0.316 e. The molecule has 112 valence electrons. The van der Waals surface area contributed by atoms with Crippen LogP contribution < -0.4 is 0 Å². The van der Waals surface area contributed by atoms with Crippen LogP contribution in [0.1, 0.15) is 25.0 Å². The lowest BCUT2D eigenvalue weighted by Gasteiger charge is -2.09.